The molecule has 3 rings (SSSR count). The highest BCUT2D eigenvalue weighted by atomic mass is 19.1. The van der Waals surface area contributed by atoms with Gasteiger partial charge in [0.1, 0.15) is 0 Å². The van der Waals surface area contributed by atoms with Gasteiger partial charge in [-0.3, -0.25) is 0 Å². The van der Waals surface area contributed by atoms with Crippen LogP contribution in [0.15, 0.2) is 36.5 Å². The Balaban J connectivity index is 2.11. The number of benzene rings is 2. The van der Waals surface area contributed by atoms with Gasteiger partial charge in [-0.25, -0.2) is 9.07 Å². The minimum atomic E-state index is -0.403. The lowest BCUT2D eigenvalue weighted by Crippen LogP contribution is -2.04. The number of ether oxygens (including phenoxy) is 1. The lowest BCUT2D eigenvalue weighted by atomic mass is 9.97. The van der Waals surface area contributed by atoms with E-state index in [9.17, 15) is 4.39 Å². The smallest absolute Gasteiger partial charge is 0.165 e. The molecule has 0 amide bonds. The number of aryl methyl sites for hydroxylation is 2. The Bertz CT molecular complexity index is 902. The monoisotopic (exact) mass is 339 g/mol. The van der Waals surface area contributed by atoms with Gasteiger partial charge in [-0.15, -0.1) is 5.10 Å². The predicted octanol–water partition coefficient (Wildman–Crippen LogP) is 4.52. The van der Waals surface area contributed by atoms with Crippen molar-refractivity contribution in [2.24, 2.45) is 0 Å². The molecule has 0 aliphatic heterocycles. The zero-order valence-corrected chi connectivity index (χ0v) is 15.0. The van der Waals surface area contributed by atoms with Crippen molar-refractivity contribution in [3.05, 3.63) is 59.0 Å². The molecule has 25 heavy (non-hydrogen) atoms. The fourth-order valence-corrected chi connectivity index (χ4v) is 3.26. The minimum Gasteiger partial charge on any atom is -0.494 e. The quantitative estimate of drug-likeness (QED) is 0.686. The fourth-order valence-electron chi connectivity index (χ4n) is 3.26. The fraction of sp³-hybridized carbons (Fsp3) is 0.300. The van der Waals surface area contributed by atoms with Gasteiger partial charge in [0.05, 0.1) is 24.7 Å². The van der Waals surface area contributed by atoms with Crippen LogP contribution in [-0.4, -0.2) is 22.1 Å². The second kappa shape index (κ2) is 7.05. The molecule has 0 bridgehead atoms. The molecule has 0 radical (unpaired) electrons. The molecule has 1 aromatic heterocycles. The summed E-state index contributed by atoms with van der Waals surface area (Å²) >= 11 is 0. The topological polar surface area (TPSA) is 39.9 Å². The molecule has 5 heteroatoms. The summed E-state index contributed by atoms with van der Waals surface area (Å²) < 4.78 is 20.8. The van der Waals surface area contributed by atoms with E-state index in [0.717, 1.165) is 24.2 Å². The maximum Gasteiger partial charge on any atom is 0.165 e. The average Bonchev–Trinajstić information content (AvgIpc) is 3.10. The van der Waals surface area contributed by atoms with Crippen LogP contribution in [0.4, 0.5) is 4.39 Å². The summed E-state index contributed by atoms with van der Waals surface area (Å²) in [6.45, 7) is 6.44. The molecule has 0 N–H and O–H groups in total. The molecule has 0 saturated heterocycles. The average molecular weight is 339 g/mol. The number of rotatable bonds is 5. The van der Waals surface area contributed by atoms with E-state index in [1.54, 1.807) is 16.9 Å². The van der Waals surface area contributed by atoms with Crippen molar-refractivity contribution in [1.82, 2.24) is 15.0 Å². The molecule has 3 aromatic rings. The minimum absolute atomic E-state index is 0.221. The van der Waals surface area contributed by atoms with E-state index in [-0.39, 0.29) is 5.75 Å². The highest BCUT2D eigenvalue weighted by molar-refractivity contribution is 5.63. The Morgan fingerprint density at radius 1 is 1.12 bits per heavy atom. The number of halogens is 1. The van der Waals surface area contributed by atoms with Crippen LogP contribution >= 0.6 is 0 Å². The van der Waals surface area contributed by atoms with Crippen molar-refractivity contribution in [3.63, 3.8) is 0 Å². The lowest BCUT2D eigenvalue weighted by molar-refractivity contribution is 0.386. The van der Waals surface area contributed by atoms with Crippen molar-refractivity contribution in [2.45, 2.75) is 33.6 Å². The Morgan fingerprint density at radius 2 is 1.92 bits per heavy atom. The molecule has 4 nitrogen and oxygen atoms in total. The summed E-state index contributed by atoms with van der Waals surface area (Å²) in [7, 11) is 1.45. The molecule has 0 unspecified atom stereocenters. The Morgan fingerprint density at radius 3 is 2.56 bits per heavy atom. The van der Waals surface area contributed by atoms with Gasteiger partial charge in [0.15, 0.2) is 11.6 Å². The van der Waals surface area contributed by atoms with Crippen molar-refractivity contribution in [2.75, 3.05) is 7.11 Å². The van der Waals surface area contributed by atoms with Gasteiger partial charge in [0, 0.05) is 5.56 Å². The molecule has 0 aliphatic carbocycles. The van der Waals surface area contributed by atoms with Gasteiger partial charge in [0.25, 0.3) is 0 Å². The molecule has 0 atom stereocenters. The largest absolute Gasteiger partial charge is 0.494 e. The third kappa shape index (κ3) is 3.14. The molecule has 130 valence electrons. The lowest BCUT2D eigenvalue weighted by Gasteiger charge is -2.14. The number of methoxy groups -OCH3 is 1. The van der Waals surface area contributed by atoms with Crippen molar-refractivity contribution >= 4 is 0 Å². The third-order valence-corrected chi connectivity index (χ3v) is 4.53. The molecule has 0 aliphatic rings. The zero-order valence-electron chi connectivity index (χ0n) is 15.0. The summed E-state index contributed by atoms with van der Waals surface area (Å²) in [6.07, 6.45) is 3.61. The van der Waals surface area contributed by atoms with E-state index in [0.29, 0.717) is 5.56 Å². The van der Waals surface area contributed by atoms with Gasteiger partial charge in [0.2, 0.25) is 0 Å². The van der Waals surface area contributed by atoms with Gasteiger partial charge in [-0.05, 0) is 66.8 Å². The van der Waals surface area contributed by atoms with E-state index in [2.05, 4.69) is 43.2 Å². The van der Waals surface area contributed by atoms with Crippen LogP contribution in [0.1, 0.15) is 30.5 Å². The van der Waals surface area contributed by atoms with Crippen LogP contribution in [0.2, 0.25) is 0 Å². The van der Waals surface area contributed by atoms with E-state index in [1.807, 2.05) is 6.07 Å². The number of hydrogen-bond acceptors (Lipinski definition) is 3. The highest BCUT2D eigenvalue weighted by Gasteiger charge is 2.14. The predicted molar refractivity (Wildman–Crippen MR) is 96.8 cm³/mol. The maximum atomic E-state index is 14.1. The molecule has 0 fully saturated rings. The second-order valence-corrected chi connectivity index (χ2v) is 5.99. The Labute approximate surface area is 147 Å². The standard InChI is InChI=1S/C20H22FN3O/c1-5-14-10-16(9-13(3)17(14)6-2)24-19(12-22-23-24)15-7-8-20(25-4)18(21)11-15/h7-12H,5-6H2,1-4H3. The molecule has 0 spiro atoms. The number of nitrogens with zero attached hydrogens (tertiary/aromatic N) is 3. The second-order valence-electron chi connectivity index (χ2n) is 5.99. The van der Waals surface area contributed by atoms with Crippen LogP contribution < -0.4 is 4.74 Å². The summed E-state index contributed by atoms with van der Waals surface area (Å²) in [5.41, 5.74) is 6.31. The van der Waals surface area contributed by atoms with E-state index in [1.165, 1.54) is 29.9 Å². The highest BCUT2D eigenvalue weighted by Crippen LogP contribution is 2.28. The van der Waals surface area contributed by atoms with Crippen molar-refractivity contribution < 1.29 is 9.13 Å². The van der Waals surface area contributed by atoms with Gasteiger partial charge in [-0.2, -0.15) is 0 Å². The summed E-state index contributed by atoms with van der Waals surface area (Å²) in [6, 6.07) is 9.12. The first-order valence-electron chi connectivity index (χ1n) is 8.46. The maximum absolute atomic E-state index is 14.1. The van der Waals surface area contributed by atoms with E-state index in [4.69, 9.17) is 4.74 Å². The van der Waals surface area contributed by atoms with Crippen LogP contribution in [0.5, 0.6) is 5.75 Å². The van der Waals surface area contributed by atoms with E-state index < -0.39 is 5.82 Å². The van der Waals surface area contributed by atoms with Crippen LogP contribution in [0.3, 0.4) is 0 Å². The summed E-state index contributed by atoms with van der Waals surface area (Å²) in [5.74, 6) is -0.182. The molecule has 1 heterocycles. The van der Waals surface area contributed by atoms with Gasteiger partial charge >= 0.3 is 0 Å². The molecular formula is C20H22FN3O. The summed E-state index contributed by atoms with van der Waals surface area (Å²) in [5, 5.41) is 8.25. The van der Waals surface area contributed by atoms with Crippen LogP contribution in [0.25, 0.3) is 16.9 Å². The number of aromatic nitrogens is 3. The van der Waals surface area contributed by atoms with Crippen LogP contribution in [0, 0.1) is 12.7 Å². The molecule has 0 saturated carbocycles. The van der Waals surface area contributed by atoms with Gasteiger partial charge in [-0.1, -0.05) is 19.1 Å². The Hall–Kier alpha value is -2.69. The molecular weight excluding hydrogens is 317 g/mol. The SMILES string of the molecule is CCc1cc(-n2nncc2-c2ccc(OC)c(F)c2)cc(C)c1CC. The first-order chi connectivity index (χ1) is 12.1. The van der Waals surface area contributed by atoms with E-state index >= 15 is 0 Å². The molecule has 2 aromatic carbocycles. The summed E-state index contributed by atoms with van der Waals surface area (Å²) in [4.78, 5) is 0. The normalized spacial score (nSPS) is 10.9. The first kappa shape index (κ1) is 17.1. The van der Waals surface area contributed by atoms with Crippen LogP contribution in [-0.2, 0) is 12.8 Å². The zero-order chi connectivity index (χ0) is 18.0. The third-order valence-electron chi connectivity index (χ3n) is 4.53. The number of hydrogen-bond donors (Lipinski definition) is 0. The first-order valence-corrected chi connectivity index (χ1v) is 8.46. The van der Waals surface area contributed by atoms with Crippen molar-refractivity contribution in [1.29, 1.82) is 0 Å². The Kier molecular flexibility index (Phi) is 4.83. The van der Waals surface area contributed by atoms with Gasteiger partial charge < -0.3 is 4.74 Å². The van der Waals surface area contributed by atoms with Crippen molar-refractivity contribution in [3.8, 4) is 22.7 Å².